The summed E-state index contributed by atoms with van der Waals surface area (Å²) in [5.74, 6) is 0.127. The van der Waals surface area contributed by atoms with E-state index in [0.717, 1.165) is 25.3 Å². The van der Waals surface area contributed by atoms with Crippen molar-refractivity contribution in [3.8, 4) is 5.75 Å². The number of nitrogens with one attached hydrogen (secondary N) is 2. The van der Waals surface area contributed by atoms with Gasteiger partial charge >= 0.3 is 0 Å². The molecule has 6 nitrogen and oxygen atoms in total. The summed E-state index contributed by atoms with van der Waals surface area (Å²) in [5.41, 5.74) is 1.98. The molecule has 0 unspecified atom stereocenters. The number of aryl methyl sites for hydroxylation is 1. The fourth-order valence-corrected chi connectivity index (χ4v) is 4.99. The van der Waals surface area contributed by atoms with E-state index in [4.69, 9.17) is 16.3 Å². The summed E-state index contributed by atoms with van der Waals surface area (Å²) >= 11 is 9.40. The molecular weight excluding hydrogens is 430 g/mol. The number of benzene rings is 2. The number of carbonyl (C=O) groups excluding carboxylic acids is 2. The van der Waals surface area contributed by atoms with E-state index in [-0.39, 0.29) is 18.4 Å². The SMILES string of the molecule is CC(=O)Nc1ccc(NC(=O)COc2cc3sc(C)nc3c3sccc23)c(Cl)c1. The molecule has 2 aromatic heterocycles. The van der Waals surface area contributed by atoms with Crippen LogP contribution in [-0.4, -0.2) is 23.4 Å². The van der Waals surface area contributed by atoms with Gasteiger partial charge in [-0.25, -0.2) is 4.98 Å². The zero-order valence-electron chi connectivity index (χ0n) is 15.5. The third-order valence-electron chi connectivity index (χ3n) is 4.09. The number of carbonyl (C=O) groups is 2. The number of aromatic nitrogens is 1. The largest absolute Gasteiger partial charge is 0.483 e. The van der Waals surface area contributed by atoms with Crippen molar-refractivity contribution in [2.75, 3.05) is 17.2 Å². The van der Waals surface area contributed by atoms with Crippen molar-refractivity contribution in [3.05, 3.63) is 45.7 Å². The van der Waals surface area contributed by atoms with Crippen molar-refractivity contribution in [2.24, 2.45) is 0 Å². The van der Waals surface area contributed by atoms with Gasteiger partial charge in [-0.1, -0.05) is 11.6 Å². The summed E-state index contributed by atoms with van der Waals surface area (Å²) in [7, 11) is 0. The monoisotopic (exact) mass is 445 g/mol. The van der Waals surface area contributed by atoms with Crippen molar-refractivity contribution in [1.29, 1.82) is 0 Å². The lowest BCUT2D eigenvalue weighted by Gasteiger charge is -2.11. The molecule has 0 saturated carbocycles. The second-order valence-electron chi connectivity index (χ2n) is 6.33. The van der Waals surface area contributed by atoms with Crippen LogP contribution in [0.1, 0.15) is 11.9 Å². The van der Waals surface area contributed by atoms with Crippen LogP contribution < -0.4 is 15.4 Å². The Balaban J connectivity index is 1.48. The van der Waals surface area contributed by atoms with Gasteiger partial charge < -0.3 is 15.4 Å². The highest BCUT2D eigenvalue weighted by atomic mass is 35.5. The van der Waals surface area contributed by atoms with Crippen molar-refractivity contribution in [3.63, 3.8) is 0 Å². The van der Waals surface area contributed by atoms with Crippen LogP contribution in [0.2, 0.25) is 5.02 Å². The number of nitrogens with zero attached hydrogens (tertiary/aromatic N) is 1. The Kier molecular flexibility index (Phi) is 5.40. The number of ether oxygens (including phenoxy) is 1. The van der Waals surface area contributed by atoms with E-state index in [9.17, 15) is 9.59 Å². The number of rotatable bonds is 5. The molecule has 0 spiro atoms. The zero-order valence-corrected chi connectivity index (χ0v) is 17.9. The van der Waals surface area contributed by atoms with Crippen LogP contribution in [0.3, 0.4) is 0 Å². The third-order valence-corrected chi connectivity index (χ3v) is 6.24. The smallest absolute Gasteiger partial charge is 0.262 e. The molecule has 2 heterocycles. The van der Waals surface area contributed by atoms with E-state index in [1.165, 1.54) is 6.92 Å². The minimum atomic E-state index is -0.330. The van der Waals surface area contributed by atoms with Gasteiger partial charge in [0.2, 0.25) is 5.91 Å². The molecule has 0 atom stereocenters. The molecule has 0 aliphatic rings. The van der Waals surface area contributed by atoms with E-state index >= 15 is 0 Å². The fourth-order valence-electron chi connectivity index (χ4n) is 2.93. The van der Waals surface area contributed by atoms with Crippen LogP contribution in [0.25, 0.3) is 20.3 Å². The van der Waals surface area contributed by atoms with Gasteiger partial charge in [0.1, 0.15) is 5.75 Å². The first kappa shape index (κ1) is 19.6. The molecule has 0 fully saturated rings. The zero-order chi connectivity index (χ0) is 20.5. The second kappa shape index (κ2) is 7.98. The standard InChI is InChI=1S/C20H16ClN3O3S2/c1-10(25)22-12-3-4-15(14(21)7-12)24-18(26)9-27-16-8-17-19(23-11(2)29-17)20-13(16)5-6-28-20/h3-8H,9H2,1-2H3,(H,22,25)(H,24,26). The number of amides is 2. The predicted octanol–water partition coefficient (Wildman–Crippen LogP) is 5.45. The Labute approximate surface area is 179 Å². The molecule has 2 N–H and O–H groups in total. The first-order valence-electron chi connectivity index (χ1n) is 8.68. The predicted molar refractivity (Wildman–Crippen MR) is 120 cm³/mol. The van der Waals surface area contributed by atoms with Crippen molar-refractivity contribution in [2.45, 2.75) is 13.8 Å². The number of fused-ring (bicyclic) bond motifs is 3. The van der Waals surface area contributed by atoms with Gasteiger partial charge in [0, 0.05) is 24.1 Å². The molecule has 29 heavy (non-hydrogen) atoms. The lowest BCUT2D eigenvalue weighted by molar-refractivity contribution is -0.118. The van der Waals surface area contributed by atoms with E-state index in [0.29, 0.717) is 22.1 Å². The normalized spacial score (nSPS) is 11.0. The number of anilines is 2. The molecule has 0 saturated heterocycles. The average Bonchev–Trinajstić information content (AvgIpc) is 3.27. The van der Waals surface area contributed by atoms with Gasteiger partial charge in [0.05, 0.1) is 30.6 Å². The Morgan fingerprint density at radius 1 is 1.21 bits per heavy atom. The van der Waals surface area contributed by atoms with Gasteiger partial charge in [0.25, 0.3) is 5.91 Å². The summed E-state index contributed by atoms with van der Waals surface area (Å²) in [6.45, 7) is 3.23. The van der Waals surface area contributed by atoms with Crippen molar-refractivity contribution < 1.29 is 14.3 Å². The summed E-state index contributed by atoms with van der Waals surface area (Å²) < 4.78 is 7.91. The van der Waals surface area contributed by atoms with Crippen LogP contribution >= 0.6 is 34.3 Å². The van der Waals surface area contributed by atoms with Crippen LogP contribution in [0, 0.1) is 6.92 Å². The van der Waals surface area contributed by atoms with Gasteiger partial charge in [-0.15, -0.1) is 22.7 Å². The molecule has 2 aromatic carbocycles. The van der Waals surface area contributed by atoms with Crippen molar-refractivity contribution >= 4 is 77.8 Å². The van der Waals surface area contributed by atoms with Gasteiger partial charge in [-0.05, 0) is 36.6 Å². The molecule has 0 aliphatic heterocycles. The van der Waals surface area contributed by atoms with Gasteiger partial charge in [-0.2, -0.15) is 0 Å². The molecule has 0 aliphatic carbocycles. The molecule has 9 heteroatoms. The van der Waals surface area contributed by atoms with Crippen LogP contribution in [0.4, 0.5) is 11.4 Å². The van der Waals surface area contributed by atoms with Crippen LogP contribution in [0.15, 0.2) is 35.7 Å². The highest BCUT2D eigenvalue weighted by Gasteiger charge is 2.14. The van der Waals surface area contributed by atoms with Crippen molar-refractivity contribution in [1.82, 2.24) is 4.98 Å². The highest BCUT2D eigenvalue weighted by molar-refractivity contribution is 7.21. The molecule has 4 aromatic rings. The number of thiophene rings is 1. The lowest BCUT2D eigenvalue weighted by Crippen LogP contribution is -2.20. The maximum atomic E-state index is 12.4. The van der Waals surface area contributed by atoms with Gasteiger partial charge in [0.15, 0.2) is 6.61 Å². The summed E-state index contributed by atoms with van der Waals surface area (Å²) in [5, 5.41) is 9.61. The summed E-state index contributed by atoms with van der Waals surface area (Å²) in [6.07, 6.45) is 0. The van der Waals surface area contributed by atoms with E-state index in [1.54, 1.807) is 40.9 Å². The molecule has 2 amide bonds. The van der Waals surface area contributed by atoms with Gasteiger partial charge in [-0.3, -0.25) is 9.59 Å². The molecule has 0 radical (unpaired) electrons. The quantitative estimate of drug-likeness (QED) is 0.428. The molecule has 4 rings (SSSR count). The number of hydrogen-bond donors (Lipinski definition) is 2. The van der Waals surface area contributed by atoms with E-state index in [2.05, 4.69) is 15.6 Å². The number of thiazole rings is 1. The maximum absolute atomic E-state index is 12.4. The lowest BCUT2D eigenvalue weighted by atomic mass is 10.2. The summed E-state index contributed by atoms with van der Waals surface area (Å²) in [4.78, 5) is 28.1. The molecular formula is C20H16ClN3O3S2. The van der Waals surface area contributed by atoms with Crippen LogP contribution in [0.5, 0.6) is 5.75 Å². The average molecular weight is 446 g/mol. The second-order valence-corrected chi connectivity index (χ2v) is 8.89. The minimum Gasteiger partial charge on any atom is -0.483 e. The Morgan fingerprint density at radius 3 is 2.79 bits per heavy atom. The topological polar surface area (TPSA) is 80.3 Å². The Hall–Kier alpha value is -2.68. The first-order valence-corrected chi connectivity index (χ1v) is 10.8. The first-order chi connectivity index (χ1) is 13.9. The third kappa shape index (κ3) is 4.19. The maximum Gasteiger partial charge on any atom is 0.262 e. The minimum absolute atomic E-state index is 0.155. The number of halogens is 1. The van der Waals surface area contributed by atoms with E-state index < -0.39 is 0 Å². The Morgan fingerprint density at radius 2 is 2.03 bits per heavy atom. The molecule has 148 valence electrons. The molecule has 0 bridgehead atoms. The number of hydrogen-bond acceptors (Lipinski definition) is 6. The van der Waals surface area contributed by atoms with E-state index in [1.807, 2.05) is 24.4 Å². The Bertz CT molecular complexity index is 1250. The van der Waals surface area contributed by atoms with Crippen LogP contribution in [-0.2, 0) is 9.59 Å². The summed E-state index contributed by atoms with van der Waals surface area (Å²) in [6, 6.07) is 8.78. The fraction of sp³-hybridized carbons (Fsp3) is 0.150. The highest BCUT2D eigenvalue weighted by Crippen LogP contribution is 2.38.